The van der Waals surface area contributed by atoms with E-state index in [1.54, 1.807) is 0 Å². The molecule has 0 aromatic rings. The minimum Gasteiger partial charge on any atom is -0.465 e. The molecule has 5 aliphatic rings. The third-order valence-corrected chi connectivity index (χ3v) is 7.52. The molecule has 0 aromatic carbocycles. The summed E-state index contributed by atoms with van der Waals surface area (Å²) in [5.74, 6) is -1.58. The van der Waals surface area contributed by atoms with Gasteiger partial charge in [-0.3, -0.25) is 0 Å². The summed E-state index contributed by atoms with van der Waals surface area (Å²) < 4.78 is 10.1. The Morgan fingerprint density at radius 1 is 1.14 bits per heavy atom. The number of esters is 1. The second kappa shape index (κ2) is 7.71. The van der Waals surface area contributed by atoms with Gasteiger partial charge in [-0.05, 0) is 56.3 Å². The van der Waals surface area contributed by atoms with Crippen LogP contribution in [0.15, 0.2) is 0 Å². The average Bonchev–Trinajstić information content (AvgIpc) is 2.67. The van der Waals surface area contributed by atoms with E-state index in [1.165, 1.54) is 19.3 Å². The van der Waals surface area contributed by atoms with E-state index in [-0.39, 0.29) is 5.54 Å². The molecule has 0 amide bonds. The highest BCUT2D eigenvalue weighted by atomic mass is 16.7. The van der Waals surface area contributed by atoms with Gasteiger partial charge in [0.2, 0.25) is 0 Å². The Labute approximate surface area is 170 Å². The maximum Gasteiger partial charge on any atom is 0.366 e. The number of hydrogen-bond acceptors (Lipinski definition) is 9. The number of aliphatic hydroxyl groups excluding tert-OH is 4. The Morgan fingerprint density at radius 3 is 2.17 bits per heavy atom. The lowest BCUT2D eigenvalue weighted by molar-refractivity contribution is -0.299. The number of aliphatic hydroxyl groups is 5. The maximum atomic E-state index is 12.0. The molecule has 4 bridgehead atoms. The first kappa shape index (κ1) is 21.4. The Kier molecular flexibility index (Phi) is 5.69. The van der Waals surface area contributed by atoms with Crippen LogP contribution in [0, 0.1) is 17.8 Å². The first-order chi connectivity index (χ1) is 13.7. The van der Waals surface area contributed by atoms with Crippen molar-refractivity contribution in [1.29, 1.82) is 0 Å². The van der Waals surface area contributed by atoms with Crippen LogP contribution in [-0.2, 0) is 14.3 Å². The SMILES string of the molecule is COC(=O)[C@]1(O)C[C@@H](O)[C@@H](NC23CC4CC(CC(C4)C2)C3)C([C@H](O)[C@H](O)CO)O1. The van der Waals surface area contributed by atoms with Crippen LogP contribution in [0.4, 0.5) is 0 Å². The van der Waals surface area contributed by atoms with Crippen molar-refractivity contribution in [2.45, 2.75) is 86.7 Å². The summed E-state index contributed by atoms with van der Waals surface area (Å²) >= 11 is 0. The Morgan fingerprint density at radius 2 is 1.69 bits per heavy atom. The quantitative estimate of drug-likeness (QED) is 0.289. The van der Waals surface area contributed by atoms with E-state index >= 15 is 0 Å². The normalized spacial score (nSPS) is 48.3. The van der Waals surface area contributed by atoms with E-state index in [2.05, 4.69) is 10.1 Å². The van der Waals surface area contributed by atoms with Crippen LogP contribution in [-0.4, -0.2) is 87.0 Å². The van der Waals surface area contributed by atoms with Crippen LogP contribution >= 0.6 is 0 Å². The molecule has 29 heavy (non-hydrogen) atoms. The van der Waals surface area contributed by atoms with Crippen LogP contribution in [0.5, 0.6) is 0 Å². The fraction of sp³-hybridized carbons (Fsp3) is 0.950. The summed E-state index contributed by atoms with van der Waals surface area (Å²) in [6.45, 7) is -0.724. The van der Waals surface area contributed by atoms with Gasteiger partial charge >= 0.3 is 5.97 Å². The fourth-order valence-electron chi connectivity index (χ4n) is 6.70. The zero-order valence-electron chi connectivity index (χ0n) is 16.7. The molecule has 9 nitrogen and oxygen atoms in total. The van der Waals surface area contributed by atoms with Gasteiger partial charge < -0.3 is 40.3 Å². The second-order valence-electron chi connectivity index (χ2n) is 9.74. The van der Waals surface area contributed by atoms with Gasteiger partial charge in [-0.1, -0.05) is 0 Å². The minimum atomic E-state index is -2.44. The average molecular weight is 415 g/mol. The molecule has 1 heterocycles. The van der Waals surface area contributed by atoms with Gasteiger partial charge in [0.25, 0.3) is 5.79 Å². The molecule has 0 spiro atoms. The topological polar surface area (TPSA) is 149 Å². The summed E-state index contributed by atoms with van der Waals surface area (Å²) in [5.41, 5.74) is -0.188. The molecule has 166 valence electrons. The van der Waals surface area contributed by atoms with Crippen LogP contribution in [0.25, 0.3) is 0 Å². The molecule has 6 atom stereocenters. The summed E-state index contributed by atoms with van der Waals surface area (Å²) in [4.78, 5) is 12.0. The van der Waals surface area contributed by atoms with E-state index < -0.39 is 55.2 Å². The molecular formula is C20H33NO8. The van der Waals surface area contributed by atoms with E-state index in [0.29, 0.717) is 17.8 Å². The van der Waals surface area contributed by atoms with Gasteiger partial charge in [0.1, 0.15) is 18.3 Å². The number of nitrogens with one attached hydrogen (secondary N) is 1. The Bertz CT molecular complexity index is 594. The molecule has 5 fully saturated rings. The highest BCUT2D eigenvalue weighted by Gasteiger charge is 2.58. The molecular weight excluding hydrogens is 382 g/mol. The zero-order chi connectivity index (χ0) is 21.0. The van der Waals surface area contributed by atoms with E-state index in [9.17, 15) is 30.3 Å². The lowest BCUT2D eigenvalue weighted by Crippen LogP contribution is -2.71. The molecule has 0 aromatic heterocycles. The minimum absolute atomic E-state index is 0.188. The van der Waals surface area contributed by atoms with Crippen LogP contribution in [0.3, 0.4) is 0 Å². The fourth-order valence-corrected chi connectivity index (χ4v) is 6.70. The molecule has 0 radical (unpaired) electrons. The second-order valence-corrected chi connectivity index (χ2v) is 9.74. The van der Waals surface area contributed by atoms with Gasteiger partial charge in [-0.25, -0.2) is 4.79 Å². The smallest absolute Gasteiger partial charge is 0.366 e. The summed E-state index contributed by atoms with van der Waals surface area (Å²) in [6.07, 6.45) is 0.557. The van der Waals surface area contributed by atoms with Crippen molar-refractivity contribution in [3.63, 3.8) is 0 Å². The molecule has 1 saturated heterocycles. The highest BCUT2D eigenvalue weighted by Crippen LogP contribution is 2.56. The van der Waals surface area contributed by atoms with Crippen molar-refractivity contribution in [3.8, 4) is 0 Å². The maximum absolute atomic E-state index is 12.0. The van der Waals surface area contributed by atoms with E-state index in [0.717, 1.165) is 26.4 Å². The summed E-state index contributed by atoms with van der Waals surface area (Å²) in [7, 11) is 1.09. The van der Waals surface area contributed by atoms with Crippen molar-refractivity contribution >= 4 is 5.97 Å². The first-order valence-corrected chi connectivity index (χ1v) is 10.6. The van der Waals surface area contributed by atoms with Crippen LogP contribution < -0.4 is 5.32 Å². The Balaban J connectivity index is 1.59. The van der Waals surface area contributed by atoms with Crippen molar-refractivity contribution in [2.75, 3.05) is 13.7 Å². The van der Waals surface area contributed by atoms with Crippen molar-refractivity contribution in [1.82, 2.24) is 5.32 Å². The molecule has 5 rings (SSSR count). The molecule has 4 aliphatic carbocycles. The molecule has 9 heteroatoms. The molecule has 6 N–H and O–H groups in total. The van der Waals surface area contributed by atoms with Gasteiger partial charge in [-0.2, -0.15) is 0 Å². The van der Waals surface area contributed by atoms with Gasteiger partial charge in [0.15, 0.2) is 0 Å². The predicted molar refractivity (Wildman–Crippen MR) is 99.4 cm³/mol. The standard InChI is InChI=1S/C20H33NO8/c1-28-18(26)20(27)8-13(23)15(17(29-20)16(25)14(24)9-22)21-19-5-10-2-11(6-19)4-12(3-10)7-19/h10-17,21-25,27H,2-9H2,1H3/t10?,11?,12?,13-,14-,15-,16-,17?,19?,20+/m1/s1. The predicted octanol–water partition coefficient (Wildman–Crippen LogP) is -1.36. The largest absolute Gasteiger partial charge is 0.465 e. The van der Waals surface area contributed by atoms with Crippen LogP contribution in [0.1, 0.15) is 44.9 Å². The lowest BCUT2D eigenvalue weighted by atomic mass is 9.52. The van der Waals surface area contributed by atoms with Crippen molar-refractivity contribution < 1.29 is 39.8 Å². The Hall–Kier alpha value is -0.810. The number of ether oxygens (including phenoxy) is 2. The van der Waals surface area contributed by atoms with Crippen molar-refractivity contribution in [3.05, 3.63) is 0 Å². The monoisotopic (exact) mass is 415 g/mol. The van der Waals surface area contributed by atoms with Crippen molar-refractivity contribution in [2.24, 2.45) is 17.8 Å². The molecule has 1 aliphatic heterocycles. The molecule has 1 unspecified atom stereocenters. The third kappa shape index (κ3) is 3.82. The van der Waals surface area contributed by atoms with Crippen LogP contribution in [0.2, 0.25) is 0 Å². The number of methoxy groups -OCH3 is 1. The van der Waals surface area contributed by atoms with Gasteiger partial charge in [0, 0.05) is 12.0 Å². The first-order valence-electron chi connectivity index (χ1n) is 10.6. The van der Waals surface area contributed by atoms with Gasteiger partial charge in [0.05, 0.1) is 25.9 Å². The number of hydrogen-bond donors (Lipinski definition) is 6. The zero-order valence-corrected chi connectivity index (χ0v) is 16.7. The third-order valence-electron chi connectivity index (χ3n) is 7.52. The summed E-state index contributed by atoms with van der Waals surface area (Å²) in [6, 6.07) is -0.813. The lowest BCUT2D eigenvalue weighted by Gasteiger charge is -2.59. The summed E-state index contributed by atoms with van der Waals surface area (Å²) in [5, 5.41) is 54.8. The number of carbonyl (C=O) groups excluding carboxylic acids is 1. The van der Waals surface area contributed by atoms with E-state index in [1.807, 2.05) is 0 Å². The number of carbonyl (C=O) groups is 1. The number of rotatable bonds is 6. The highest BCUT2D eigenvalue weighted by molar-refractivity contribution is 5.77. The molecule has 4 saturated carbocycles. The van der Waals surface area contributed by atoms with Gasteiger partial charge in [-0.15, -0.1) is 0 Å². The van der Waals surface area contributed by atoms with E-state index in [4.69, 9.17) is 4.74 Å².